The van der Waals surface area contributed by atoms with Gasteiger partial charge in [-0.05, 0) is 25.2 Å². The molecule has 9 nitrogen and oxygen atoms in total. The summed E-state index contributed by atoms with van der Waals surface area (Å²) in [6, 6.07) is 1.84. The highest BCUT2D eigenvalue weighted by molar-refractivity contribution is 7.98. The Morgan fingerprint density at radius 2 is 2.07 bits per heavy atom. The highest BCUT2D eigenvalue weighted by atomic mass is 32.2. The number of H-pyrrole nitrogens is 1. The van der Waals surface area contributed by atoms with E-state index >= 15 is 0 Å². The molecule has 138 valence electrons. The summed E-state index contributed by atoms with van der Waals surface area (Å²) in [5.74, 6) is 2.13. The van der Waals surface area contributed by atoms with Crippen LogP contribution in [0.5, 0.6) is 0 Å². The first-order chi connectivity index (χ1) is 13.2. The van der Waals surface area contributed by atoms with E-state index in [9.17, 15) is 4.79 Å². The molecule has 1 saturated carbocycles. The number of thioether (sulfide) groups is 1. The summed E-state index contributed by atoms with van der Waals surface area (Å²) in [7, 11) is 0. The number of pyridine rings is 1. The van der Waals surface area contributed by atoms with E-state index < -0.39 is 0 Å². The summed E-state index contributed by atoms with van der Waals surface area (Å²) in [5.41, 5.74) is 0.473. The maximum atomic E-state index is 12.9. The van der Waals surface area contributed by atoms with Crippen molar-refractivity contribution in [3.63, 3.8) is 0 Å². The third-order valence-electron chi connectivity index (χ3n) is 5.08. The first-order valence-electron chi connectivity index (χ1n) is 8.98. The third kappa shape index (κ3) is 2.71. The largest absolute Gasteiger partial charge is 0.268 e. The molecule has 0 aromatic carbocycles. The second kappa shape index (κ2) is 6.45. The van der Waals surface area contributed by atoms with Crippen molar-refractivity contribution >= 4 is 28.4 Å². The average molecular weight is 382 g/mol. The summed E-state index contributed by atoms with van der Waals surface area (Å²) in [5, 5.41) is 12.6. The Labute approximate surface area is 158 Å². The van der Waals surface area contributed by atoms with Crippen LogP contribution in [0.2, 0.25) is 0 Å². The zero-order chi connectivity index (χ0) is 18.4. The van der Waals surface area contributed by atoms with Crippen LogP contribution in [0.3, 0.4) is 0 Å². The molecule has 1 fully saturated rings. The molecule has 0 unspecified atom stereocenters. The molecule has 0 aliphatic heterocycles. The van der Waals surface area contributed by atoms with Gasteiger partial charge in [-0.15, -0.1) is 10.2 Å². The maximum Gasteiger partial charge on any atom is 0.268 e. The van der Waals surface area contributed by atoms with Crippen molar-refractivity contribution in [2.75, 3.05) is 6.26 Å². The van der Waals surface area contributed by atoms with Gasteiger partial charge in [0.15, 0.2) is 5.82 Å². The van der Waals surface area contributed by atoms with Crippen LogP contribution in [0.25, 0.3) is 22.6 Å². The molecular weight excluding hydrogens is 364 g/mol. The Hall–Kier alpha value is -2.75. The molecule has 27 heavy (non-hydrogen) atoms. The zero-order valence-electron chi connectivity index (χ0n) is 14.8. The number of rotatable bonds is 3. The predicted molar refractivity (Wildman–Crippen MR) is 101 cm³/mol. The summed E-state index contributed by atoms with van der Waals surface area (Å²) in [6.45, 7) is 0. The number of hydrogen-bond acceptors (Lipinski definition) is 7. The van der Waals surface area contributed by atoms with Crippen LogP contribution in [0.4, 0.5) is 0 Å². The fourth-order valence-corrected chi connectivity index (χ4v) is 3.99. The molecule has 4 aromatic rings. The minimum atomic E-state index is -0.222. The lowest BCUT2D eigenvalue weighted by atomic mass is 9.89. The molecule has 0 saturated heterocycles. The lowest BCUT2D eigenvalue weighted by molar-refractivity contribution is 0.429. The molecule has 10 heteroatoms. The van der Waals surface area contributed by atoms with E-state index in [1.807, 2.05) is 12.3 Å². The number of nitrogens with one attached hydrogen (secondary N) is 1. The van der Waals surface area contributed by atoms with Gasteiger partial charge in [0.05, 0.1) is 10.9 Å². The number of aromatic nitrogens is 8. The molecule has 0 amide bonds. The van der Waals surface area contributed by atoms with E-state index in [1.165, 1.54) is 35.6 Å². The molecule has 0 spiro atoms. The first-order valence-corrected chi connectivity index (χ1v) is 10.2. The van der Waals surface area contributed by atoms with Crippen LogP contribution in [-0.4, -0.2) is 45.6 Å². The second-order valence-electron chi connectivity index (χ2n) is 6.71. The molecule has 4 heterocycles. The smallest absolute Gasteiger partial charge is 0.268 e. The van der Waals surface area contributed by atoms with Crippen molar-refractivity contribution in [3.05, 3.63) is 34.6 Å². The molecule has 0 radical (unpaired) electrons. The van der Waals surface area contributed by atoms with E-state index in [4.69, 9.17) is 0 Å². The van der Waals surface area contributed by atoms with Gasteiger partial charge in [0.2, 0.25) is 11.1 Å². The van der Waals surface area contributed by atoms with Crippen molar-refractivity contribution in [2.45, 2.75) is 43.2 Å². The van der Waals surface area contributed by atoms with Crippen molar-refractivity contribution in [1.29, 1.82) is 0 Å². The van der Waals surface area contributed by atoms with Gasteiger partial charge in [-0.3, -0.25) is 9.36 Å². The predicted octanol–water partition coefficient (Wildman–Crippen LogP) is 2.32. The number of hydrogen-bond donors (Lipinski definition) is 1. The van der Waals surface area contributed by atoms with Gasteiger partial charge in [0.25, 0.3) is 11.3 Å². The van der Waals surface area contributed by atoms with Gasteiger partial charge >= 0.3 is 0 Å². The van der Waals surface area contributed by atoms with Crippen LogP contribution in [0, 0.1) is 0 Å². The normalized spacial score (nSPS) is 15.7. The lowest BCUT2D eigenvalue weighted by Gasteiger charge is -2.17. The van der Waals surface area contributed by atoms with Gasteiger partial charge in [-0.25, -0.2) is 10.1 Å². The molecule has 5 rings (SSSR count). The van der Waals surface area contributed by atoms with E-state index in [0.29, 0.717) is 33.7 Å². The van der Waals surface area contributed by atoms with Gasteiger partial charge in [0.1, 0.15) is 0 Å². The van der Waals surface area contributed by atoms with Crippen LogP contribution in [0.1, 0.15) is 43.8 Å². The second-order valence-corrected chi connectivity index (χ2v) is 7.48. The topological polar surface area (TPSA) is 107 Å². The lowest BCUT2D eigenvalue weighted by Crippen LogP contribution is -2.20. The number of fused-ring (bicyclic) bond motifs is 3. The van der Waals surface area contributed by atoms with Crippen molar-refractivity contribution in [3.8, 4) is 5.95 Å². The molecule has 0 bridgehead atoms. The maximum absolute atomic E-state index is 12.9. The Balaban J connectivity index is 1.64. The SMILES string of the molecule is CSc1n[nH]c(-n2ccc3c(cnc4nc(C5CCCCC5)nn43)c2=O)n1. The monoisotopic (exact) mass is 382 g/mol. The summed E-state index contributed by atoms with van der Waals surface area (Å²) in [4.78, 5) is 26.2. The van der Waals surface area contributed by atoms with Gasteiger partial charge in [0, 0.05) is 18.3 Å². The number of aromatic amines is 1. The Kier molecular flexibility index (Phi) is 3.92. The Morgan fingerprint density at radius 3 is 2.85 bits per heavy atom. The average Bonchev–Trinajstić information content (AvgIpc) is 3.36. The van der Waals surface area contributed by atoms with Crippen molar-refractivity contribution in [1.82, 2.24) is 39.3 Å². The van der Waals surface area contributed by atoms with Crippen LogP contribution in [0.15, 0.2) is 28.4 Å². The van der Waals surface area contributed by atoms with E-state index in [0.717, 1.165) is 18.7 Å². The summed E-state index contributed by atoms with van der Waals surface area (Å²) in [6.07, 6.45) is 11.1. The van der Waals surface area contributed by atoms with Crippen LogP contribution in [-0.2, 0) is 0 Å². The van der Waals surface area contributed by atoms with E-state index in [-0.39, 0.29) is 5.56 Å². The van der Waals surface area contributed by atoms with Crippen molar-refractivity contribution < 1.29 is 0 Å². The molecule has 1 aliphatic carbocycles. The van der Waals surface area contributed by atoms with E-state index in [2.05, 4.69) is 30.2 Å². The van der Waals surface area contributed by atoms with Crippen molar-refractivity contribution in [2.24, 2.45) is 0 Å². The number of nitrogens with zero attached hydrogens (tertiary/aromatic N) is 7. The van der Waals surface area contributed by atoms with E-state index in [1.54, 1.807) is 16.9 Å². The highest BCUT2D eigenvalue weighted by Gasteiger charge is 2.21. The molecule has 1 aliphatic rings. The molecule has 4 aromatic heterocycles. The Bertz CT molecular complexity index is 1190. The van der Waals surface area contributed by atoms with Gasteiger partial charge < -0.3 is 0 Å². The quantitative estimate of drug-likeness (QED) is 0.542. The fraction of sp³-hybridized carbons (Fsp3) is 0.412. The standard InChI is InChI=1S/C17H18N8OS/c1-27-17-20-16(21-22-17)24-8-7-12-11(14(24)26)9-18-15-19-13(23-25(12)15)10-5-3-2-4-6-10/h7-10H,2-6H2,1H3,(H,20,21,22). The minimum absolute atomic E-state index is 0.222. The van der Waals surface area contributed by atoms with Gasteiger partial charge in [-0.2, -0.15) is 14.5 Å². The molecule has 0 atom stereocenters. The zero-order valence-corrected chi connectivity index (χ0v) is 15.6. The summed E-state index contributed by atoms with van der Waals surface area (Å²) >= 11 is 1.41. The molecular formula is C17H18N8OS. The minimum Gasteiger partial charge on any atom is -0.268 e. The summed E-state index contributed by atoms with van der Waals surface area (Å²) < 4.78 is 3.11. The molecule has 1 N–H and O–H groups in total. The highest BCUT2D eigenvalue weighted by Crippen LogP contribution is 2.31. The van der Waals surface area contributed by atoms with Crippen LogP contribution < -0.4 is 5.56 Å². The van der Waals surface area contributed by atoms with Gasteiger partial charge in [-0.1, -0.05) is 31.0 Å². The Morgan fingerprint density at radius 1 is 1.22 bits per heavy atom. The third-order valence-corrected chi connectivity index (χ3v) is 5.63. The fourth-order valence-electron chi connectivity index (χ4n) is 3.67. The van der Waals surface area contributed by atoms with Crippen LogP contribution >= 0.6 is 11.8 Å². The first kappa shape index (κ1) is 16.4.